The smallest absolute Gasteiger partial charge is 0.325 e. The lowest BCUT2D eigenvalue weighted by molar-refractivity contribution is -0.148. The first-order chi connectivity index (χ1) is 10.1. The number of benzene rings is 1. The summed E-state index contributed by atoms with van der Waals surface area (Å²) >= 11 is 0. The Morgan fingerprint density at radius 1 is 1.33 bits per heavy atom. The van der Waals surface area contributed by atoms with Gasteiger partial charge in [0.25, 0.3) is 0 Å². The largest absolute Gasteiger partial charge is 0.494 e. The molecule has 1 rings (SSSR count). The number of aliphatic hydroxyl groups excluding tert-OH is 1. The molecular weight excluding hydrogens is 270 g/mol. The van der Waals surface area contributed by atoms with E-state index >= 15 is 0 Å². The minimum absolute atomic E-state index is 0.0282. The van der Waals surface area contributed by atoms with Crippen LogP contribution >= 0.6 is 0 Å². The Labute approximate surface area is 126 Å². The van der Waals surface area contributed by atoms with Gasteiger partial charge in [-0.05, 0) is 44.0 Å². The van der Waals surface area contributed by atoms with Crippen LogP contribution in [0.1, 0.15) is 32.3 Å². The molecule has 0 spiro atoms. The Bertz CT molecular complexity index is 432. The third-order valence-corrected chi connectivity index (χ3v) is 3.40. The van der Waals surface area contributed by atoms with Crippen LogP contribution < -0.4 is 10.1 Å². The highest BCUT2D eigenvalue weighted by atomic mass is 16.5. The average Bonchev–Trinajstić information content (AvgIpc) is 2.51. The van der Waals surface area contributed by atoms with E-state index in [0.717, 1.165) is 17.7 Å². The summed E-state index contributed by atoms with van der Waals surface area (Å²) in [6.07, 6.45) is 1.38. The molecule has 0 bridgehead atoms. The lowest BCUT2D eigenvalue weighted by Crippen LogP contribution is -2.50. The molecule has 1 aromatic carbocycles. The predicted molar refractivity (Wildman–Crippen MR) is 81.2 cm³/mol. The molecule has 0 aliphatic rings. The number of likely N-dealkylation sites (N-methyl/N-ethyl adjacent to an activating group) is 1. The summed E-state index contributed by atoms with van der Waals surface area (Å²) in [6, 6.07) is 7.31. The van der Waals surface area contributed by atoms with Gasteiger partial charge in [-0.1, -0.05) is 19.1 Å². The Morgan fingerprint density at radius 3 is 2.52 bits per heavy atom. The highest BCUT2D eigenvalue weighted by Gasteiger charge is 2.32. The van der Waals surface area contributed by atoms with Crippen LogP contribution in [-0.2, 0) is 16.1 Å². The van der Waals surface area contributed by atoms with E-state index in [4.69, 9.17) is 14.6 Å². The van der Waals surface area contributed by atoms with Gasteiger partial charge in [-0.15, -0.1) is 0 Å². The summed E-state index contributed by atoms with van der Waals surface area (Å²) in [4.78, 5) is 11.8. The van der Waals surface area contributed by atoms with E-state index < -0.39 is 5.54 Å². The van der Waals surface area contributed by atoms with Gasteiger partial charge in [0.2, 0.25) is 0 Å². The van der Waals surface area contributed by atoms with Gasteiger partial charge >= 0.3 is 5.97 Å². The van der Waals surface area contributed by atoms with Crippen molar-refractivity contribution < 1.29 is 19.4 Å². The number of rotatable bonds is 9. The van der Waals surface area contributed by atoms with E-state index in [-0.39, 0.29) is 12.6 Å². The first-order valence-electron chi connectivity index (χ1n) is 7.21. The number of carbonyl (C=O) groups is 1. The molecule has 2 N–H and O–H groups in total. The summed E-state index contributed by atoms with van der Waals surface area (Å²) in [5.74, 6) is 0.507. The molecule has 0 fully saturated rings. The van der Waals surface area contributed by atoms with Crippen molar-refractivity contribution in [2.75, 3.05) is 20.3 Å². The molecule has 0 saturated carbocycles. The molecule has 1 atom stereocenters. The minimum atomic E-state index is -0.673. The van der Waals surface area contributed by atoms with E-state index in [2.05, 4.69) is 5.32 Å². The van der Waals surface area contributed by atoms with Gasteiger partial charge in [0.1, 0.15) is 11.3 Å². The Balaban J connectivity index is 2.41. The predicted octanol–water partition coefficient (Wildman–Crippen LogP) is 1.88. The molecular formula is C16H25NO4. The van der Waals surface area contributed by atoms with Crippen molar-refractivity contribution in [3.05, 3.63) is 29.8 Å². The number of aliphatic hydroxyl groups is 1. The molecule has 0 aromatic heterocycles. The summed E-state index contributed by atoms with van der Waals surface area (Å²) in [7, 11) is 1.40. The summed E-state index contributed by atoms with van der Waals surface area (Å²) in [5, 5.41) is 12.1. The second kappa shape index (κ2) is 8.64. The second-order valence-corrected chi connectivity index (χ2v) is 5.11. The van der Waals surface area contributed by atoms with Crippen LogP contribution in [0.4, 0.5) is 0 Å². The maximum Gasteiger partial charge on any atom is 0.325 e. The highest BCUT2D eigenvalue weighted by molar-refractivity contribution is 5.80. The molecule has 5 heteroatoms. The molecule has 0 aliphatic heterocycles. The zero-order valence-electron chi connectivity index (χ0n) is 13.0. The van der Waals surface area contributed by atoms with Crippen LogP contribution in [0.2, 0.25) is 0 Å². The van der Waals surface area contributed by atoms with Gasteiger partial charge < -0.3 is 19.9 Å². The van der Waals surface area contributed by atoms with E-state index in [1.165, 1.54) is 7.11 Å². The molecule has 0 heterocycles. The number of hydrogen-bond acceptors (Lipinski definition) is 5. The van der Waals surface area contributed by atoms with Gasteiger partial charge in [0.15, 0.2) is 0 Å². The third-order valence-electron chi connectivity index (χ3n) is 3.40. The number of hydrogen-bond donors (Lipinski definition) is 2. The molecule has 118 valence electrons. The first kappa shape index (κ1) is 17.5. The Hall–Kier alpha value is -1.59. The topological polar surface area (TPSA) is 67.8 Å². The van der Waals surface area contributed by atoms with E-state index in [0.29, 0.717) is 19.6 Å². The fourth-order valence-corrected chi connectivity index (χ4v) is 2.18. The Kier molecular flexibility index (Phi) is 7.19. The molecule has 5 nitrogen and oxygen atoms in total. The van der Waals surface area contributed by atoms with Crippen molar-refractivity contribution in [3.8, 4) is 5.75 Å². The maximum absolute atomic E-state index is 11.8. The zero-order chi connectivity index (χ0) is 15.7. The summed E-state index contributed by atoms with van der Waals surface area (Å²) < 4.78 is 10.5. The van der Waals surface area contributed by atoms with E-state index in [1.54, 1.807) is 0 Å². The lowest BCUT2D eigenvalue weighted by Gasteiger charge is -2.27. The van der Waals surface area contributed by atoms with Gasteiger partial charge in [-0.25, -0.2) is 0 Å². The van der Waals surface area contributed by atoms with Crippen LogP contribution in [0.25, 0.3) is 0 Å². The molecule has 1 unspecified atom stereocenters. The Morgan fingerprint density at radius 2 is 2.00 bits per heavy atom. The first-order valence-corrected chi connectivity index (χ1v) is 7.21. The van der Waals surface area contributed by atoms with Crippen molar-refractivity contribution in [1.82, 2.24) is 5.32 Å². The molecule has 0 amide bonds. The van der Waals surface area contributed by atoms with E-state index in [1.807, 2.05) is 38.1 Å². The maximum atomic E-state index is 11.8. The van der Waals surface area contributed by atoms with Gasteiger partial charge in [0, 0.05) is 0 Å². The average molecular weight is 295 g/mol. The molecule has 1 aromatic rings. The fraction of sp³-hybridized carbons (Fsp3) is 0.562. The van der Waals surface area contributed by atoms with Crippen molar-refractivity contribution in [2.24, 2.45) is 0 Å². The van der Waals surface area contributed by atoms with Crippen molar-refractivity contribution in [2.45, 2.75) is 38.8 Å². The minimum Gasteiger partial charge on any atom is -0.494 e. The van der Waals surface area contributed by atoms with Crippen molar-refractivity contribution in [1.29, 1.82) is 0 Å². The normalized spacial score (nSPS) is 13.5. The number of esters is 1. The van der Waals surface area contributed by atoms with Crippen LogP contribution in [-0.4, -0.2) is 36.9 Å². The molecule has 0 radical (unpaired) electrons. The molecule has 0 saturated heterocycles. The van der Waals surface area contributed by atoms with Gasteiger partial charge in [-0.2, -0.15) is 0 Å². The number of ether oxygens (including phenoxy) is 2. The zero-order valence-corrected chi connectivity index (χ0v) is 13.0. The fourth-order valence-electron chi connectivity index (χ4n) is 2.18. The lowest BCUT2D eigenvalue weighted by atomic mass is 9.96. The van der Waals surface area contributed by atoms with Crippen LogP contribution in [0.3, 0.4) is 0 Å². The molecule has 21 heavy (non-hydrogen) atoms. The van der Waals surface area contributed by atoms with Crippen LogP contribution in [0.15, 0.2) is 24.3 Å². The van der Waals surface area contributed by atoms with Crippen molar-refractivity contribution >= 4 is 5.97 Å². The van der Waals surface area contributed by atoms with Crippen LogP contribution in [0.5, 0.6) is 5.75 Å². The van der Waals surface area contributed by atoms with Gasteiger partial charge in [-0.3, -0.25) is 4.79 Å². The standard InChI is InChI=1S/C16H25NO4/c1-4-17-16(2,15(19)20-3)10-5-11-21-14-8-6-13(12-18)7-9-14/h6-9,17-18H,4-5,10-12H2,1-3H3. The molecule has 0 aliphatic carbocycles. The van der Waals surface area contributed by atoms with Gasteiger partial charge in [0.05, 0.1) is 20.3 Å². The highest BCUT2D eigenvalue weighted by Crippen LogP contribution is 2.16. The summed E-state index contributed by atoms with van der Waals surface area (Å²) in [5.41, 5.74) is 0.181. The second-order valence-electron chi connectivity index (χ2n) is 5.11. The number of nitrogens with one attached hydrogen (secondary N) is 1. The van der Waals surface area contributed by atoms with E-state index in [9.17, 15) is 4.79 Å². The van der Waals surface area contributed by atoms with Crippen LogP contribution in [0, 0.1) is 0 Å². The third kappa shape index (κ3) is 5.36. The number of carbonyl (C=O) groups excluding carboxylic acids is 1. The monoisotopic (exact) mass is 295 g/mol. The SMILES string of the molecule is CCNC(C)(CCCOc1ccc(CO)cc1)C(=O)OC. The van der Waals surface area contributed by atoms with Crippen molar-refractivity contribution in [3.63, 3.8) is 0 Å². The quantitative estimate of drug-likeness (QED) is 0.538. The number of methoxy groups -OCH3 is 1. The summed E-state index contributed by atoms with van der Waals surface area (Å²) in [6.45, 7) is 5.06.